The van der Waals surface area contributed by atoms with E-state index in [0.29, 0.717) is 25.4 Å². The first kappa shape index (κ1) is 18.1. The van der Waals surface area contributed by atoms with Crippen molar-refractivity contribution in [2.24, 2.45) is 11.8 Å². The number of carbonyl (C=O) groups is 2. The van der Waals surface area contributed by atoms with Crippen molar-refractivity contribution in [1.29, 1.82) is 0 Å². The van der Waals surface area contributed by atoms with Crippen molar-refractivity contribution in [3.8, 4) is 0 Å². The van der Waals surface area contributed by atoms with Gasteiger partial charge in [-0.05, 0) is 49.3 Å². The van der Waals surface area contributed by atoms with Gasteiger partial charge in [-0.25, -0.2) is 4.39 Å². The molecule has 2 N–H and O–H groups in total. The molecule has 0 aromatic heterocycles. The smallest absolute Gasteiger partial charge is 0.253 e. The Balaban J connectivity index is 1.64. The van der Waals surface area contributed by atoms with Crippen LogP contribution >= 0.6 is 11.6 Å². The summed E-state index contributed by atoms with van der Waals surface area (Å²) in [7, 11) is 1.65. The summed E-state index contributed by atoms with van der Waals surface area (Å²) in [6.07, 6.45) is 2.93. The molecule has 1 saturated carbocycles. The van der Waals surface area contributed by atoms with Crippen LogP contribution in [-0.2, 0) is 9.53 Å². The number of hydrogen-bond donors (Lipinski definition) is 2. The van der Waals surface area contributed by atoms with Crippen LogP contribution in [0.1, 0.15) is 36.0 Å². The SMILES string of the molecule is COCC1CC(=O)NC2CC(NC(=O)c3ccc(F)cc3Cl)CCC12. The third-order valence-corrected chi connectivity index (χ3v) is 5.51. The topological polar surface area (TPSA) is 67.4 Å². The Hall–Kier alpha value is -1.66. The number of benzene rings is 1. The van der Waals surface area contributed by atoms with Gasteiger partial charge in [0.2, 0.25) is 5.91 Å². The number of piperidine rings is 1. The van der Waals surface area contributed by atoms with Gasteiger partial charge >= 0.3 is 0 Å². The minimum atomic E-state index is -0.476. The second kappa shape index (κ2) is 7.70. The van der Waals surface area contributed by atoms with Crippen molar-refractivity contribution in [3.05, 3.63) is 34.6 Å². The van der Waals surface area contributed by atoms with E-state index in [-0.39, 0.29) is 40.4 Å². The lowest BCUT2D eigenvalue weighted by Crippen LogP contribution is -2.56. The van der Waals surface area contributed by atoms with E-state index in [4.69, 9.17) is 16.3 Å². The third-order valence-electron chi connectivity index (χ3n) is 5.19. The highest BCUT2D eigenvalue weighted by Gasteiger charge is 2.41. The molecule has 1 saturated heterocycles. The van der Waals surface area contributed by atoms with Crippen LogP contribution in [0.3, 0.4) is 0 Å². The predicted octanol–water partition coefficient (Wildman–Crippen LogP) is 2.53. The summed E-state index contributed by atoms with van der Waals surface area (Å²) in [6.45, 7) is 0.580. The van der Waals surface area contributed by atoms with Gasteiger partial charge in [0.25, 0.3) is 5.91 Å². The fourth-order valence-electron chi connectivity index (χ4n) is 4.04. The van der Waals surface area contributed by atoms with E-state index in [1.54, 1.807) is 7.11 Å². The lowest BCUT2D eigenvalue weighted by atomic mass is 9.71. The molecule has 5 nitrogen and oxygen atoms in total. The van der Waals surface area contributed by atoms with E-state index >= 15 is 0 Å². The van der Waals surface area contributed by atoms with Crippen molar-refractivity contribution < 1.29 is 18.7 Å². The van der Waals surface area contributed by atoms with Crippen LogP contribution in [-0.4, -0.2) is 37.6 Å². The van der Waals surface area contributed by atoms with Gasteiger partial charge in [-0.1, -0.05) is 11.6 Å². The van der Waals surface area contributed by atoms with Crippen molar-refractivity contribution in [2.75, 3.05) is 13.7 Å². The number of rotatable bonds is 4. The van der Waals surface area contributed by atoms with E-state index in [1.807, 2.05) is 0 Å². The molecule has 2 fully saturated rings. The Morgan fingerprint density at radius 3 is 2.96 bits per heavy atom. The standard InChI is InChI=1S/C18H22ClFN2O3/c1-25-9-10-6-17(23)22-16-8-12(3-5-13(10)16)21-18(24)14-4-2-11(20)7-15(14)19/h2,4,7,10,12-13,16H,3,5-6,8-9H2,1H3,(H,21,24)(H,22,23). The largest absolute Gasteiger partial charge is 0.384 e. The van der Waals surface area contributed by atoms with Crippen molar-refractivity contribution in [1.82, 2.24) is 10.6 Å². The fraction of sp³-hybridized carbons (Fsp3) is 0.556. The van der Waals surface area contributed by atoms with E-state index < -0.39 is 5.82 Å². The quantitative estimate of drug-likeness (QED) is 0.858. The zero-order valence-electron chi connectivity index (χ0n) is 14.1. The monoisotopic (exact) mass is 368 g/mol. The number of halogens is 2. The van der Waals surface area contributed by atoms with Gasteiger partial charge in [0, 0.05) is 32.2 Å². The molecule has 1 heterocycles. The van der Waals surface area contributed by atoms with Gasteiger partial charge in [-0.2, -0.15) is 0 Å². The average molecular weight is 369 g/mol. The summed E-state index contributed by atoms with van der Waals surface area (Å²) >= 11 is 5.95. The first-order valence-corrected chi connectivity index (χ1v) is 8.90. The molecule has 3 rings (SSSR count). The van der Waals surface area contributed by atoms with E-state index in [9.17, 15) is 14.0 Å². The highest BCUT2D eigenvalue weighted by molar-refractivity contribution is 6.33. The van der Waals surface area contributed by atoms with E-state index in [0.717, 1.165) is 18.9 Å². The number of hydrogen-bond acceptors (Lipinski definition) is 3. The number of methoxy groups -OCH3 is 1. The normalized spacial score (nSPS) is 28.8. The maximum atomic E-state index is 13.1. The predicted molar refractivity (Wildman–Crippen MR) is 91.9 cm³/mol. The minimum absolute atomic E-state index is 0.0388. The highest BCUT2D eigenvalue weighted by atomic mass is 35.5. The van der Waals surface area contributed by atoms with Gasteiger partial charge in [-0.3, -0.25) is 9.59 Å². The van der Waals surface area contributed by atoms with Crippen molar-refractivity contribution in [3.63, 3.8) is 0 Å². The summed E-state index contributed by atoms with van der Waals surface area (Å²) < 4.78 is 18.4. The van der Waals surface area contributed by atoms with Crippen LogP contribution in [0, 0.1) is 17.7 Å². The summed E-state index contributed by atoms with van der Waals surface area (Å²) in [5.41, 5.74) is 0.259. The summed E-state index contributed by atoms with van der Waals surface area (Å²) in [5.74, 6) is -0.149. The van der Waals surface area contributed by atoms with Gasteiger partial charge in [0.1, 0.15) is 5.82 Å². The lowest BCUT2D eigenvalue weighted by Gasteiger charge is -2.43. The molecule has 1 aliphatic carbocycles. The van der Waals surface area contributed by atoms with Crippen LogP contribution in [0.5, 0.6) is 0 Å². The molecule has 1 aliphatic heterocycles. The van der Waals surface area contributed by atoms with Gasteiger partial charge in [0.15, 0.2) is 0 Å². The van der Waals surface area contributed by atoms with E-state index in [1.165, 1.54) is 12.1 Å². The summed E-state index contributed by atoms with van der Waals surface area (Å²) in [5, 5.41) is 6.10. The Labute approximate surface area is 151 Å². The van der Waals surface area contributed by atoms with Gasteiger partial charge in [0.05, 0.1) is 10.6 Å². The molecule has 4 unspecified atom stereocenters. The molecule has 2 amide bonds. The lowest BCUT2D eigenvalue weighted by molar-refractivity contribution is -0.128. The van der Waals surface area contributed by atoms with Gasteiger partial charge < -0.3 is 15.4 Å². The maximum Gasteiger partial charge on any atom is 0.253 e. The number of nitrogens with one attached hydrogen (secondary N) is 2. The number of ether oxygens (including phenoxy) is 1. The molecule has 4 atom stereocenters. The first-order chi connectivity index (χ1) is 12.0. The Kier molecular flexibility index (Phi) is 5.59. The molecule has 1 aromatic rings. The van der Waals surface area contributed by atoms with Crippen molar-refractivity contribution >= 4 is 23.4 Å². The number of amides is 2. The molecule has 0 spiro atoms. The third kappa shape index (κ3) is 4.12. The highest BCUT2D eigenvalue weighted by Crippen LogP contribution is 2.35. The Morgan fingerprint density at radius 2 is 2.24 bits per heavy atom. The molecule has 2 aliphatic rings. The van der Waals surface area contributed by atoms with Crippen LogP contribution < -0.4 is 10.6 Å². The van der Waals surface area contributed by atoms with Gasteiger partial charge in [-0.15, -0.1) is 0 Å². The maximum absolute atomic E-state index is 13.1. The molecule has 0 radical (unpaired) electrons. The molecule has 25 heavy (non-hydrogen) atoms. The number of fused-ring (bicyclic) bond motifs is 1. The summed E-state index contributed by atoms with van der Waals surface area (Å²) in [6, 6.07) is 3.73. The fourth-order valence-corrected chi connectivity index (χ4v) is 4.30. The molecule has 1 aromatic carbocycles. The molecule has 7 heteroatoms. The first-order valence-electron chi connectivity index (χ1n) is 8.52. The van der Waals surface area contributed by atoms with Crippen LogP contribution in [0.4, 0.5) is 4.39 Å². The number of carbonyl (C=O) groups excluding carboxylic acids is 2. The summed E-state index contributed by atoms with van der Waals surface area (Å²) in [4.78, 5) is 24.3. The minimum Gasteiger partial charge on any atom is -0.384 e. The van der Waals surface area contributed by atoms with Crippen LogP contribution in [0.2, 0.25) is 5.02 Å². The Morgan fingerprint density at radius 1 is 1.44 bits per heavy atom. The van der Waals surface area contributed by atoms with Crippen LogP contribution in [0.15, 0.2) is 18.2 Å². The Bertz CT molecular complexity index is 670. The molecular weight excluding hydrogens is 347 g/mol. The second-order valence-corrected chi connectivity index (χ2v) is 7.27. The molecule has 136 valence electrons. The average Bonchev–Trinajstić information content (AvgIpc) is 2.54. The zero-order valence-corrected chi connectivity index (χ0v) is 14.8. The zero-order chi connectivity index (χ0) is 18.0. The van der Waals surface area contributed by atoms with Crippen LogP contribution in [0.25, 0.3) is 0 Å². The molecular formula is C18H22ClFN2O3. The molecule has 0 bridgehead atoms. The van der Waals surface area contributed by atoms with E-state index in [2.05, 4.69) is 10.6 Å². The van der Waals surface area contributed by atoms with Crippen molar-refractivity contribution in [2.45, 2.75) is 37.8 Å². The second-order valence-electron chi connectivity index (χ2n) is 6.87.